The minimum atomic E-state index is 0.227. The smallest absolute Gasteiger partial charge is 0.135 e. The SMILES string of the molecule is CCc1nc(-c2nnn(C)c2CNC[C@@H](N)CC2CC2)ccc1I. The topological polar surface area (TPSA) is 81.7 Å². The van der Waals surface area contributed by atoms with Crippen molar-refractivity contribution in [2.45, 2.75) is 45.2 Å². The molecule has 2 heterocycles. The van der Waals surface area contributed by atoms with Gasteiger partial charge in [-0.25, -0.2) is 4.98 Å². The molecule has 0 aliphatic heterocycles. The Hall–Kier alpha value is -1.06. The molecule has 0 unspecified atom stereocenters. The van der Waals surface area contributed by atoms with Crippen LogP contribution in [0.3, 0.4) is 0 Å². The van der Waals surface area contributed by atoms with Crippen molar-refractivity contribution in [1.29, 1.82) is 0 Å². The second-order valence-electron chi connectivity index (χ2n) is 6.56. The average molecular weight is 440 g/mol. The van der Waals surface area contributed by atoms with E-state index < -0.39 is 0 Å². The second kappa shape index (κ2) is 7.88. The van der Waals surface area contributed by atoms with Crippen LogP contribution >= 0.6 is 22.6 Å². The zero-order valence-corrected chi connectivity index (χ0v) is 16.5. The maximum absolute atomic E-state index is 6.18. The minimum Gasteiger partial charge on any atom is -0.327 e. The van der Waals surface area contributed by atoms with Crippen molar-refractivity contribution in [3.8, 4) is 11.4 Å². The van der Waals surface area contributed by atoms with Crippen molar-refractivity contribution >= 4 is 22.6 Å². The molecule has 1 fully saturated rings. The Kier molecular flexibility index (Phi) is 5.83. The molecule has 0 saturated heterocycles. The number of nitrogens with one attached hydrogen (secondary N) is 1. The molecule has 0 bridgehead atoms. The first-order valence-corrected chi connectivity index (χ1v) is 9.67. The van der Waals surface area contributed by atoms with Gasteiger partial charge >= 0.3 is 0 Å². The fourth-order valence-corrected chi connectivity index (χ4v) is 3.56. The van der Waals surface area contributed by atoms with Crippen LogP contribution < -0.4 is 11.1 Å². The van der Waals surface area contributed by atoms with Crippen LogP contribution in [0, 0.1) is 9.49 Å². The highest BCUT2D eigenvalue weighted by molar-refractivity contribution is 14.1. The summed E-state index contributed by atoms with van der Waals surface area (Å²) in [7, 11) is 1.92. The molecule has 24 heavy (non-hydrogen) atoms. The maximum atomic E-state index is 6.18. The third kappa shape index (κ3) is 4.31. The number of halogens is 1. The molecule has 2 aromatic heterocycles. The molecule has 6 nitrogen and oxygen atoms in total. The van der Waals surface area contributed by atoms with E-state index in [-0.39, 0.29) is 6.04 Å². The highest BCUT2D eigenvalue weighted by atomic mass is 127. The lowest BCUT2D eigenvalue weighted by Gasteiger charge is -2.13. The molecular weight excluding hydrogens is 415 g/mol. The van der Waals surface area contributed by atoms with E-state index in [1.54, 1.807) is 0 Å². The maximum Gasteiger partial charge on any atom is 0.135 e. The van der Waals surface area contributed by atoms with Gasteiger partial charge in [-0.1, -0.05) is 25.0 Å². The van der Waals surface area contributed by atoms with Gasteiger partial charge < -0.3 is 11.1 Å². The molecule has 1 saturated carbocycles. The Labute approximate surface area is 156 Å². The van der Waals surface area contributed by atoms with Gasteiger partial charge in [-0.05, 0) is 53.5 Å². The van der Waals surface area contributed by atoms with Crippen LogP contribution in [0.15, 0.2) is 12.1 Å². The molecule has 2 aromatic rings. The number of hydrogen-bond acceptors (Lipinski definition) is 5. The molecule has 1 aliphatic carbocycles. The van der Waals surface area contributed by atoms with Gasteiger partial charge in [0.1, 0.15) is 5.69 Å². The predicted molar refractivity (Wildman–Crippen MR) is 103 cm³/mol. The van der Waals surface area contributed by atoms with Crippen molar-refractivity contribution < 1.29 is 0 Å². The summed E-state index contributed by atoms with van der Waals surface area (Å²) >= 11 is 2.32. The summed E-state index contributed by atoms with van der Waals surface area (Å²) in [4.78, 5) is 4.75. The minimum absolute atomic E-state index is 0.227. The van der Waals surface area contributed by atoms with Gasteiger partial charge in [-0.3, -0.25) is 4.68 Å². The second-order valence-corrected chi connectivity index (χ2v) is 7.72. The van der Waals surface area contributed by atoms with E-state index in [2.05, 4.69) is 51.2 Å². The third-order valence-electron chi connectivity index (χ3n) is 4.47. The van der Waals surface area contributed by atoms with Gasteiger partial charge in [0.25, 0.3) is 0 Å². The van der Waals surface area contributed by atoms with E-state index >= 15 is 0 Å². The fourth-order valence-electron chi connectivity index (χ4n) is 2.88. The summed E-state index contributed by atoms with van der Waals surface area (Å²) in [6, 6.07) is 4.34. The van der Waals surface area contributed by atoms with Gasteiger partial charge in [-0.15, -0.1) is 5.10 Å². The fraction of sp³-hybridized carbons (Fsp3) is 0.588. The molecule has 3 rings (SSSR count). The number of nitrogens with zero attached hydrogens (tertiary/aromatic N) is 4. The largest absolute Gasteiger partial charge is 0.327 e. The van der Waals surface area contributed by atoms with Crippen LogP contribution in [0.1, 0.15) is 37.6 Å². The summed E-state index contributed by atoms with van der Waals surface area (Å²) in [5, 5.41) is 12.0. The molecule has 1 atom stereocenters. The highest BCUT2D eigenvalue weighted by Crippen LogP contribution is 2.33. The van der Waals surface area contributed by atoms with Crippen molar-refractivity contribution in [1.82, 2.24) is 25.3 Å². The average Bonchev–Trinajstić information content (AvgIpc) is 3.30. The Morgan fingerprint density at radius 1 is 1.42 bits per heavy atom. The third-order valence-corrected chi connectivity index (χ3v) is 5.45. The van der Waals surface area contributed by atoms with Crippen molar-refractivity contribution in [2.75, 3.05) is 6.54 Å². The van der Waals surface area contributed by atoms with Gasteiger partial charge in [0, 0.05) is 29.7 Å². The van der Waals surface area contributed by atoms with Crippen molar-refractivity contribution in [2.24, 2.45) is 18.7 Å². The van der Waals surface area contributed by atoms with Crippen LogP contribution in [0.4, 0.5) is 0 Å². The lowest BCUT2D eigenvalue weighted by Crippen LogP contribution is -2.34. The molecule has 7 heteroatoms. The first kappa shape index (κ1) is 17.8. The molecular formula is C17H25IN6. The number of rotatable bonds is 8. The van der Waals surface area contributed by atoms with Gasteiger partial charge in [0.05, 0.1) is 17.1 Å². The standard InChI is InChI=1S/C17H25IN6/c1-3-14-13(18)6-7-15(21-14)17-16(24(2)23-22-17)10-20-9-12(19)8-11-4-5-11/h6-7,11-12,20H,3-5,8-10,19H2,1-2H3/t12-/m0/s1. The molecule has 0 spiro atoms. The zero-order chi connectivity index (χ0) is 17.1. The van der Waals surface area contributed by atoms with E-state index in [0.29, 0.717) is 6.54 Å². The van der Waals surface area contributed by atoms with Crippen molar-refractivity contribution in [3.05, 3.63) is 27.1 Å². The van der Waals surface area contributed by atoms with Gasteiger partial charge in [-0.2, -0.15) is 0 Å². The van der Waals surface area contributed by atoms with Gasteiger partial charge in [0.15, 0.2) is 0 Å². The Bertz CT molecular complexity index is 694. The first-order chi connectivity index (χ1) is 11.6. The van der Waals surface area contributed by atoms with Crippen LogP contribution in [0.25, 0.3) is 11.4 Å². The Morgan fingerprint density at radius 3 is 2.92 bits per heavy atom. The summed E-state index contributed by atoms with van der Waals surface area (Å²) in [6.45, 7) is 3.64. The quantitative estimate of drug-likeness (QED) is 0.616. The lowest BCUT2D eigenvalue weighted by atomic mass is 10.1. The Morgan fingerprint density at radius 2 is 2.21 bits per heavy atom. The van der Waals surface area contributed by atoms with E-state index in [4.69, 9.17) is 10.7 Å². The number of pyridine rings is 1. The van der Waals surface area contributed by atoms with Crippen LogP contribution in [0.5, 0.6) is 0 Å². The summed E-state index contributed by atoms with van der Waals surface area (Å²) in [5.74, 6) is 0.860. The van der Waals surface area contributed by atoms with Crippen LogP contribution in [-0.4, -0.2) is 32.6 Å². The van der Waals surface area contributed by atoms with Crippen LogP contribution in [0.2, 0.25) is 0 Å². The van der Waals surface area contributed by atoms with E-state index in [1.807, 2.05) is 17.8 Å². The molecule has 3 N–H and O–H groups in total. The van der Waals surface area contributed by atoms with E-state index in [1.165, 1.54) is 16.4 Å². The monoisotopic (exact) mass is 440 g/mol. The Balaban J connectivity index is 1.69. The van der Waals surface area contributed by atoms with E-state index in [9.17, 15) is 0 Å². The molecule has 0 aromatic carbocycles. The number of aryl methyl sites for hydroxylation is 2. The normalized spacial score (nSPS) is 15.7. The number of hydrogen-bond donors (Lipinski definition) is 2. The number of aromatic nitrogens is 4. The summed E-state index contributed by atoms with van der Waals surface area (Å²) in [5.41, 5.74) is 10.1. The van der Waals surface area contributed by atoms with Crippen LogP contribution in [-0.2, 0) is 20.0 Å². The zero-order valence-electron chi connectivity index (χ0n) is 14.3. The summed E-state index contributed by atoms with van der Waals surface area (Å²) < 4.78 is 3.01. The number of nitrogens with two attached hydrogens (primary N) is 1. The highest BCUT2D eigenvalue weighted by Gasteiger charge is 2.23. The predicted octanol–water partition coefficient (Wildman–Crippen LogP) is 2.26. The van der Waals surface area contributed by atoms with E-state index in [0.717, 1.165) is 48.1 Å². The molecule has 1 aliphatic rings. The van der Waals surface area contributed by atoms with Crippen molar-refractivity contribution in [3.63, 3.8) is 0 Å². The molecule has 0 radical (unpaired) electrons. The van der Waals surface area contributed by atoms with Gasteiger partial charge in [0.2, 0.25) is 0 Å². The first-order valence-electron chi connectivity index (χ1n) is 8.59. The lowest BCUT2D eigenvalue weighted by molar-refractivity contribution is 0.509. The molecule has 130 valence electrons. The molecule has 0 amide bonds. The summed E-state index contributed by atoms with van der Waals surface area (Å²) in [6.07, 6.45) is 4.74.